The van der Waals surface area contributed by atoms with Gasteiger partial charge in [0, 0.05) is 31.9 Å². The number of nitrogens with zero attached hydrogens (tertiary/aromatic N) is 3. The molecular formula is C22H26N8O2. The van der Waals surface area contributed by atoms with Gasteiger partial charge in [0.2, 0.25) is 5.96 Å². The van der Waals surface area contributed by atoms with Crippen LogP contribution in [-0.2, 0) is 5.66 Å². The second kappa shape index (κ2) is 7.81. The molecule has 4 heterocycles. The van der Waals surface area contributed by atoms with Crippen molar-refractivity contribution in [1.29, 1.82) is 0 Å². The Kier molecular flexibility index (Phi) is 4.95. The zero-order valence-corrected chi connectivity index (χ0v) is 18.0. The molecule has 1 fully saturated rings. The van der Waals surface area contributed by atoms with Gasteiger partial charge in [0.25, 0.3) is 0 Å². The lowest BCUT2D eigenvalue weighted by Crippen LogP contribution is -2.57. The van der Waals surface area contributed by atoms with E-state index in [1.165, 1.54) is 0 Å². The van der Waals surface area contributed by atoms with E-state index in [4.69, 9.17) is 10.2 Å². The molecule has 2 unspecified atom stereocenters. The van der Waals surface area contributed by atoms with Gasteiger partial charge in [0.1, 0.15) is 11.5 Å². The molecule has 0 spiro atoms. The number of fused-ring (bicyclic) bond motifs is 1. The maximum Gasteiger partial charge on any atom is 0.417 e. The van der Waals surface area contributed by atoms with Gasteiger partial charge in [0.15, 0.2) is 5.58 Å². The molecule has 0 aliphatic carbocycles. The van der Waals surface area contributed by atoms with Crippen molar-refractivity contribution in [3.63, 3.8) is 0 Å². The van der Waals surface area contributed by atoms with Crippen LogP contribution in [0.3, 0.4) is 0 Å². The number of aliphatic imine (C=N–C) groups is 1. The first kappa shape index (κ1) is 20.3. The maximum atomic E-state index is 11.5. The van der Waals surface area contributed by atoms with Gasteiger partial charge < -0.3 is 31.0 Å². The molecule has 6 N–H and O–H groups in total. The fourth-order valence-corrected chi connectivity index (χ4v) is 4.07. The van der Waals surface area contributed by atoms with Crippen LogP contribution in [0.5, 0.6) is 0 Å². The summed E-state index contributed by atoms with van der Waals surface area (Å²) < 4.78 is 5.09. The summed E-state index contributed by atoms with van der Waals surface area (Å²) in [5.74, 6) is 0.959. The van der Waals surface area contributed by atoms with Crippen molar-refractivity contribution in [2.24, 2.45) is 10.7 Å². The van der Waals surface area contributed by atoms with Crippen molar-refractivity contribution < 1.29 is 4.42 Å². The molecule has 0 bridgehead atoms. The molecule has 10 heteroatoms. The summed E-state index contributed by atoms with van der Waals surface area (Å²) in [5.41, 5.74) is 9.22. The molecule has 0 saturated carbocycles. The van der Waals surface area contributed by atoms with Crippen molar-refractivity contribution in [3.05, 3.63) is 64.4 Å². The van der Waals surface area contributed by atoms with Gasteiger partial charge in [-0.1, -0.05) is 6.07 Å². The molecule has 166 valence electrons. The molecule has 1 aromatic carbocycles. The maximum absolute atomic E-state index is 11.5. The first-order valence-corrected chi connectivity index (χ1v) is 10.6. The summed E-state index contributed by atoms with van der Waals surface area (Å²) in [5, 5.41) is 9.97. The Morgan fingerprint density at radius 1 is 1.31 bits per heavy atom. The number of oxazole rings is 1. The number of aromatic amines is 1. The zero-order valence-electron chi connectivity index (χ0n) is 18.0. The molecule has 0 radical (unpaired) electrons. The number of aromatic nitrogens is 2. The van der Waals surface area contributed by atoms with Gasteiger partial charge in [-0.3, -0.25) is 4.98 Å². The minimum atomic E-state index is -1.00. The van der Waals surface area contributed by atoms with Crippen molar-refractivity contribution in [1.82, 2.24) is 20.6 Å². The Bertz CT molecular complexity index is 1260. The minimum Gasteiger partial charge on any atom is -0.408 e. The summed E-state index contributed by atoms with van der Waals surface area (Å²) in [7, 11) is 0. The molecule has 2 atom stereocenters. The molecule has 1 saturated heterocycles. The highest BCUT2D eigenvalue weighted by Crippen LogP contribution is 2.28. The Morgan fingerprint density at radius 3 is 2.97 bits per heavy atom. The Balaban J connectivity index is 1.34. The van der Waals surface area contributed by atoms with Crippen LogP contribution in [0.1, 0.15) is 19.4 Å². The highest BCUT2D eigenvalue weighted by molar-refractivity contribution is 5.95. The van der Waals surface area contributed by atoms with E-state index < -0.39 is 11.4 Å². The first-order chi connectivity index (χ1) is 15.4. The number of benzene rings is 1. The number of hydrogen-bond donors (Lipinski definition) is 5. The first-order valence-electron chi connectivity index (χ1n) is 10.6. The fraction of sp³-hybridized carbons (Fsp3) is 0.318. The summed E-state index contributed by atoms with van der Waals surface area (Å²) in [6.45, 7) is 6.89. The van der Waals surface area contributed by atoms with Crippen LogP contribution < -0.4 is 32.3 Å². The Morgan fingerprint density at radius 2 is 2.19 bits per heavy atom. The van der Waals surface area contributed by atoms with Crippen LogP contribution in [0.4, 0.5) is 11.5 Å². The largest absolute Gasteiger partial charge is 0.417 e. The number of rotatable bonds is 3. The molecule has 5 rings (SSSR count). The van der Waals surface area contributed by atoms with Crippen molar-refractivity contribution >= 4 is 28.6 Å². The van der Waals surface area contributed by atoms with Crippen molar-refractivity contribution in [3.8, 4) is 0 Å². The van der Waals surface area contributed by atoms with Gasteiger partial charge in [-0.2, -0.15) is 0 Å². The van der Waals surface area contributed by atoms with E-state index in [0.717, 1.165) is 42.3 Å². The average molecular weight is 435 g/mol. The van der Waals surface area contributed by atoms with Gasteiger partial charge in [-0.05, 0) is 49.2 Å². The third-order valence-electron chi connectivity index (χ3n) is 5.90. The predicted molar refractivity (Wildman–Crippen MR) is 125 cm³/mol. The molecule has 2 aliphatic rings. The van der Waals surface area contributed by atoms with Crippen LogP contribution in [0, 0.1) is 0 Å². The van der Waals surface area contributed by atoms with Gasteiger partial charge in [-0.15, -0.1) is 0 Å². The van der Waals surface area contributed by atoms with Gasteiger partial charge in [0.05, 0.1) is 17.4 Å². The molecule has 3 aromatic rings. The Hall–Kier alpha value is -3.63. The van der Waals surface area contributed by atoms with Crippen LogP contribution in [0.2, 0.25) is 0 Å². The number of H-pyrrole nitrogens is 1. The van der Waals surface area contributed by atoms with E-state index in [1.807, 2.05) is 25.1 Å². The molecule has 2 aliphatic heterocycles. The molecule has 32 heavy (non-hydrogen) atoms. The van der Waals surface area contributed by atoms with E-state index in [0.29, 0.717) is 23.1 Å². The summed E-state index contributed by atoms with van der Waals surface area (Å²) in [6.07, 6.45) is 3.52. The summed E-state index contributed by atoms with van der Waals surface area (Å²) in [4.78, 5) is 25.5. The molecule has 0 amide bonds. The second-order valence-electron chi connectivity index (χ2n) is 8.28. The number of piperazine rings is 1. The fourth-order valence-electron chi connectivity index (χ4n) is 4.07. The summed E-state index contributed by atoms with van der Waals surface area (Å²) in [6, 6.07) is 9.78. The van der Waals surface area contributed by atoms with Crippen molar-refractivity contribution in [2.75, 3.05) is 29.9 Å². The second-order valence-corrected chi connectivity index (χ2v) is 8.28. The third-order valence-corrected chi connectivity index (χ3v) is 5.90. The smallest absolute Gasteiger partial charge is 0.408 e. The van der Waals surface area contributed by atoms with Crippen molar-refractivity contribution in [2.45, 2.75) is 25.6 Å². The number of nitrogens with two attached hydrogens (primary N) is 1. The zero-order chi connectivity index (χ0) is 22.3. The quantitative estimate of drug-likeness (QED) is 0.417. The standard InChI is InChI=1S/C22H26N8O2/c1-13-10-26-20(27-16-4-6-19(25-11-16)30-8-7-24-14(2)12-30)29-22(13,23)15-3-5-18-17(9-15)28-21(31)32-18/h3-6,9-11,14,24H,7-8,12,23H2,1-2H3,(H,28,31)(H2,26,27,29). The van der Waals surface area contributed by atoms with Gasteiger partial charge >= 0.3 is 5.76 Å². The van der Waals surface area contributed by atoms with E-state index in [9.17, 15) is 4.79 Å². The SMILES string of the molecule is CC1=CN=C(Nc2ccc(N3CCNC(C)C3)nc2)NC1(N)c1ccc2oc(=O)[nH]c2c1. The lowest BCUT2D eigenvalue weighted by molar-refractivity contribution is 0.478. The van der Waals surface area contributed by atoms with E-state index in [-0.39, 0.29) is 0 Å². The van der Waals surface area contributed by atoms with Crippen LogP contribution in [-0.4, -0.2) is 41.6 Å². The number of pyridine rings is 1. The number of nitrogens with one attached hydrogen (secondary N) is 4. The van der Waals surface area contributed by atoms with Gasteiger partial charge in [-0.25, -0.2) is 14.8 Å². The highest BCUT2D eigenvalue weighted by atomic mass is 16.4. The van der Waals surface area contributed by atoms with E-state index in [2.05, 4.69) is 42.7 Å². The minimum absolute atomic E-state index is 0.441. The number of hydrogen-bond acceptors (Lipinski definition) is 9. The number of guanidine groups is 1. The van der Waals surface area contributed by atoms with Crippen LogP contribution >= 0.6 is 0 Å². The molecule has 2 aromatic heterocycles. The number of anilines is 2. The Labute approximate surface area is 184 Å². The van der Waals surface area contributed by atoms with Crippen LogP contribution in [0.15, 0.2) is 62.5 Å². The lowest BCUT2D eigenvalue weighted by Gasteiger charge is -2.35. The highest BCUT2D eigenvalue weighted by Gasteiger charge is 2.33. The third kappa shape index (κ3) is 3.74. The topological polar surface area (TPSA) is 137 Å². The average Bonchev–Trinajstić information content (AvgIpc) is 3.16. The molecular weight excluding hydrogens is 408 g/mol. The normalized spacial score (nSPS) is 23.5. The lowest BCUT2D eigenvalue weighted by atomic mass is 9.92. The monoisotopic (exact) mass is 434 g/mol. The summed E-state index contributed by atoms with van der Waals surface area (Å²) >= 11 is 0. The van der Waals surface area contributed by atoms with Crippen LogP contribution in [0.25, 0.3) is 11.1 Å². The predicted octanol–water partition coefficient (Wildman–Crippen LogP) is 1.40. The van der Waals surface area contributed by atoms with E-state index in [1.54, 1.807) is 24.5 Å². The molecule has 10 nitrogen and oxygen atoms in total. The van der Waals surface area contributed by atoms with E-state index >= 15 is 0 Å².